The molecule has 1 aliphatic rings. The van der Waals surface area contributed by atoms with Crippen LogP contribution in [0.15, 0.2) is 40.8 Å². The fourth-order valence-electron chi connectivity index (χ4n) is 2.92. The standard InChI is InChI=1S/C16H16N2O/c1-2-6-13-11(4-1)7-8-14-15(13)18-16(19-14)12-5-3-9-17-10-12/h1-2,4,6-8,12,17H,3,5,9-10H2/t12-/m1/s1. The number of oxazole rings is 1. The number of nitrogens with zero attached hydrogens (tertiary/aromatic N) is 1. The van der Waals surface area contributed by atoms with Gasteiger partial charge in [0.2, 0.25) is 0 Å². The van der Waals surface area contributed by atoms with E-state index in [0.29, 0.717) is 5.92 Å². The van der Waals surface area contributed by atoms with Crippen molar-refractivity contribution in [2.45, 2.75) is 18.8 Å². The summed E-state index contributed by atoms with van der Waals surface area (Å²) in [7, 11) is 0. The molecule has 1 fully saturated rings. The molecule has 0 saturated carbocycles. The first kappa shape index (κ1) is 11.0. The van der Waals surface area contributed by atoms with E-state index in [1.54, 1.807) is 0 Å². The van der Waals surface area contributed by atoms with Gasteiger partial charge in [-0.15, -0.1) is 0 Å². The van der Waals surface area contributed by atoms with Crippen molar-refractivity contribution in [3.05, 3.63) is 42.3 Å². The van der Waals surface area contributed by atoms with Crippen molar-refractivity contribution in [3.63, 3.8) is 0 Å². The van der Waals surface area contributed by atoms with Crippen LogP contribution in [-0.2, 0) is 0 Å². The van der Waals surface area contributed by atoms with Crippen LogP contribution in [0, 0.1) is 0 Å². The number of piperidine rings is 1. The Morgan fingerprint density at radius 1 is 1.16 bits per heavy atom. The zero-order valence-electron chi connectivity index (χ0n) is 10.7. The van der Waals surface area contributed by atoms with Gasteiger partial charge >= 0.3 is 0 Å². The average molecular weight is 252 g/mol. The maximum Gasteiger partial charge on any atom is 0.199 e. The quantitative estimate of drug-likeness (QED) is 0.721. The Morgan fingerprint density at radius 3 is 3.00 bits per heavy atom. The van der Waals surface area contributed by atoms with Gasteiger partial charge in [0.15, 0.2) is 11.5 Å². The molecule has 1 aliphatic heterocycles. The van der Waals surface area contributed by atoms with Crippen LogP contribution in [0.25, 0.3) is 21.9 Å². The van der Waals surface area contributed by atoms with E-state index in [1.807, 2.05) is 6.07 Å². The lowest BCUT2D eigenvalue weighted by molar-refractivity contribution is 0.387. The minimum absolute atomic E-state index is 0.417. The van der Waals surface area contributed by atoms with Crippen molar-refractivity contribution in [3.8, 4) is 0 Å². The highest BCUT2D eigenvalue weighted by atomic mass is 16.3. The lowest BCUT2D eigenvalue weighted by Crippen LogP contribution is -2.28. The van der Waals surface area contributed by atoms with Crippen molar-refractivity contribution in [2.75, 3.05) is 13.1 Å². The maximum absolute atomic E-state index is 5.96. The lowest BCUT2D eigenvalue weighted by atomic mass is 10.00. The summed E-state index contributed by atoms with van der Waals surface area (Å²) in [6.07, 6.45) is 2.36. The second kappa shape index (κ2) is 4.35. The molecule has 1 saturated heterocycles. The largest absolute Gasteiger partial charge is 0.440 e. The number of hydrogen-bond donors (Lipinski definition) is 1. The van der Waals surface area contributed by atoms with E-state index in [2.05, 4.69) is 35.6 Å². The normalized spacial score (nSPS) is 20.1. The molecule has 3 heteroatoms. The summed E-state index contributed by atoms with van der Waals surface area (Å²) in [5.74, 6) is 1.30. The van der Waals surface area contributed by atoms with Gasteiger partial charge in [0, 0.05) is 17.8 Å². The number of benzene rings is 2. The molecule has 4 rings (SSSR count). The first-order chi connectivity index (χ1) is 9.42. The maximum atomic E-state index is 5.96. The minimum Gasteiger partial charge on any atom is -0.440 e. The molecular weight excluding hydrogens is 236 g/mol. The molecule has 0 bridgehead atoms. The van der Waals surface area contributed by atoms with E-state index in [1.165, 1.54) is 17.2 Å². The van der Waals surface area contributed by atoms with Gasteiger partial charge in [-0.25, -0.2) is 4.98 Å². The molecule has 2 heterocycles. The lowest BCUT2D eigenvalue weighted by Gasteiger charge is -2.19. The number of rotatable bonds is 1. The van der Waals surface area contributed by atoms with Crippen LogP contribution in [0.4, 0.5) is 0 Å². The van der Waals surface area contributed by atoms with Gasteiger partial charge in [-0.1, -0.05) is 30.3 Å². The van der Waals surface area contributed by atoms with Gasteiger partial charge < -0.3 is 9.73 Å². The summed E-state index contributed by atoms with van der Waals surface area (Å²) < 4.78 is 5.96. The summed E-state index contributed by atoms with van der Waals surface area (Å²) in [5.41, 5.74) is 1.90. The summed E-state index contributed by atoms with van der Waals surface area (Å²) in [6, 6.07) is 12.5. The van der Waals surface area contributed by atoms with E-state index in [0.717, 1.165) is 36.5 Å². The number of nitrogens with one attached hydrogen (secondary N) is 1. The van der Waals surface area contributed by atoms with E-state index in [4.69, 9.17) is 9.40 Å². The molecule has 0 radical (unpaired) electrons. The van der Waals surface area contributed by atoms with Gasteiger partial charge in [-0.2, -0.15) is 0 Å². The van der Waals surface area contributed by atoms with Crippen molar-refractivity contribution < 1.29 is 4.42 Å². The van der Waals surface area contributed by atoms with Crippen LogP contribution in [0.2, 0.25) is 0 Å². The molecule has 0 spiro atoms. The van der Waals surface area contributed by atoms with Gasteiger partial charge in [0.1, 0.15) is 5.52 Å². The summed E-state index contributed by atoms with van der Waals surface area (Å²) in [5, 5.41) is 5.81. The van der Waals surface area contributed by atoms with Gasteiger partial charge in [-0.05, 0) is 30.8 Å². The molecular formula is C16H16N2O. The molecule has 2 aromatic carbocycles. The Labute approximate surface area is 111 Å². The highest BCUT2D eigenvalue weighted by Gasteiger charge is 2.21. The highest BCUT2D eigenvalue weighted by Crippen LogP contribution is 2.30. The fraction of sp³-hybridized carbons (Fsp3) is 0.312. The predicted octanol–water partition coefficient (Wildman–Crippen LogP) is 3.45. The summed E-state index contributed by atoms with van der Waals surface area (Å²) >= 11 is 0. The molecule has 1 aromatic heterocycles. The van der Waals surface area contributed by atoms with E-state index >= 15 is 0 Å². The third kappa shape index (κ3) is 1.81. The monoisotopic (exact) mass is 252 g/mol. The third-order valence-electron chi connectivity index (χ3n) is 3.95. The first-order valence-electron chi connectivity index (χ1n) is 6.91. The zero-order chi connectivity index (χ0) is 12.7. The fourth-order valence-corrected chi connectivity index (χ4v) is 2.92. The second-order valence-electron chi connectivity index (χ2n) is 5.23. The zero-order valence-corrected chi connectivity index (χ0v) is 10.7. The van der Waals surface area contributed by atoms with Crippen LogP contribution < -0.4 is 5.32 Å². The molecule has 3 aromatic rings. The first-order valence-corrected chi connectivity index (χ1v) is 6.91. The molecule has 96 valence electrons. The van der Waals surface area contributed by atoms with Crippen LogP contribution in [0.1, 0.15) is 24.7 Å². The molecule has 0 amide bonds. The molecule has 3 nitrogen and oxygen atoms in total. The van der Waals surface area contributed by atoms with Crippen LogP contribution >= 0.6 is 0 Å². The average Bonchev–Trinajstić information content (AvgIpc) is 2.93. The van der Waals surface area contributed by atoms with Crippen LogP contribution in [0.5, 0.6) is 0 Å². The van der Waals surface area contributed by atoms with Gasteiger partial charge in [0.25, 0.3) is 0 Å². The van der Waals surface area contributed by atoms with Crippen molar-refractivity contribution >= 4 is 21.9 Å². The SMILES string of the molecule is c1ccc2c(c1)ccc1oc([C@@H]3CCCNC3)nc12. The molecule has 0 aliphatic carbocycles. The van der Waals surface area contributed by atoms with E-state index in [9.17, 15) is 0 Å². The topological polar surface area (TPSA) is 38.1 Å². The van der Waals surface area contributed by atoms with Gasteiger partial charge in [0.05, 0.1) is 0 Å². The smallest absolute Gasteiger partial charge is 0.199 e. The van der Waals surface area contributed by atoms with Gasteiger partial charge in [-0.3, -0.25) is 0 Å². The van der Waals surface area contributed by atoms with Crippen molar-refractivity contribution in [1.82, 2.24) is 10.3 Å². The second-order valence-corrected chi connectivity index (χ2v) is 5.23. The van der Waals surface area contributed by atoms with Crippen molar-refractivity contribution in [2.24, 2.45) is 0 Å². The van der Waals surface area contributed by atoms with E-state index in [-0.39, 0.29) is 0 Å². The molecule has 1 atom stereocenters. The Hall–Kier alpha value is -1.87. The number of hydrogen-bond acceptors (Lipinski definition) is 3. The third-order valence-corrected chi connectivity index (χ3v) is 3.95. The number of aromatic nitrogens is 1. The van der Waals surface area contributed by atoms with Crippen LogP contribution in [0.3, 0.4) is 0 Å². The number of fused-ring (bicyclic) bond motifs is 3. The molecule has 1 N–H and O–H groups in total. The Balaban J connectivity index is 1.88. The molecule has 19 heavy (non-hydrogen) atoms. The minimum atomic E-state index is 0.417. The Kier molecular flexibility index (Phi) is 2.52. The van der Waals surface area contributed by atoms with Crippen LogP contribution in [-0.4, -0.2) is 18.1 Å². The Morgan fingerprint density at radius 2 is 2.11 bits per heavy atom. The summed E-state index contributed by atoms with van der Waals surface area (Å²) in [6.45, 7) is 2.09. The summed E-state index contributed by atoms with van der Waals surface area (Å²) in [4.78, 5) is 4.76. The van der Waals surface area contributed by atoms with Crippen molar-refractivity contribution in [1.29, 1.82) is 0 Å². The highest BCUT2D eigenvalue weighted by molar-refractivity contribution is 6.03. The molecule has 0 unspecified atom stereocenters. The predicted molar refractivity (Wildman–Crippen MR) is 76.4 cm³/mol. The Bertz CT molecular complexity index is 726. The van der Waals surface area contributed by atoms with E-state index < -0.39 is 0 Å².